The number of aromatic amines is 1. The molecule has 2 heterocycles. The summed E-state index contributed by atoms with van der Waals surface area (Å²) in [7, 11) is 0. The number of hydrogen-bond acceptors (Lipinski definition) is 3. The van der Waals surface area contributed by atoms with Crippen molar-refractivity contribution in [3.05, 3.63) is 74.0 Å². The SMILES string of the molecule is CCc1cc2ccc(CN3CCN(c4ccc(Cl)c(Cl)c4)CC3)cc2[nH]c1=O. The number of nitrogens with one attached hydrogen (secondary N) is 1. The van der Waals surface area contributed by atoms with Crippen LogP contribution in [0, 0.1) is 0 Å². The lowest BCUT2D eigenvalue weighted by atomic mass is 10.1. The van der Waals surface area contributed by atoms with E-state index in [2.05, 4.69) is 33.0 Å². The van der Waals surface area contributed by atoms with Gasteiger partial charge in [-0.15, -0.1) is 0 Å². The van der Waals surface area contributed by atoms with Crippen molar-refractivity contribution in [2.24, 2.45) is 0 Å². The lowest BCUT2D eigenvalue weighted by Crippen LogP contribution is -2.45. The molecule has 1 aliphatic heterocycles. The van der Waals surface area contributed by atoms with Gasteiger partial charge in [0.2, 0.25) is 0 Å². The summed E-state index contributed by atoms with van der Waals surface area (Å²) < 4.78 is 0. The molecular weight excluding hydrogens is 393 g/mol. The minimum atomic E-state index is 0.0161. The minimum absolute atomic E-state index is 0.0161. The number of hydrogen-bond donors (Lipinski definition) is 1. The second-order valence-corrected chi connectivity index (χ2v) is 8.07. The Hall–Kier alpha value is -2.01. The van der Waals surface area contributed by atoms with E-state index in [0.717, 1.165) is 61.3 Å². The van der Waals surface area contributed by atoms with Gasteiger partial charge >= 0.3 is 0 Å². The second kappa shape index (κ2) is 8.16. The molecule has 1 aromatic heterocycles. The van der Waals surface area contributed by atoms with Crippen LogP contribution in [-0.2, 0) is 13.0 Å². The van der Waals surface area contributed by atoms with Crippen LogP contribution in [0.15, 0.2) is 47.3 Å². The maximum Gasteiger partial charge on any atom is 0.251 e. The summed E-state index contributed by atoms with van der Waals surface area (Å²) in [4.78, 5) is 19.9. The van der Waals surface area contributed by atoms with Crippen molar-refractivity contribution in [1.29, 1.82) is 0 Å². The summed E-state index contributed by atoms with van der Waals surface area (Å²) in [5, 5.41) is 2.27. The van der Waals surface area contributed by atoms with Crippen molar-refractivity contribution in [2.75, 3.05) is 31.1 Å². The molecule has 1 N–H and O–H groups in total. The molecule has 1 saturated heterocycles. The number of aryl methyl sites for hydroxylation is 1. The zero-order valence-corrected chi connectivity index (χ0v) is 17.4. The average Bonchev–Trinajstić information content (AvgIpc) is 2.70. The molecule has 0 bridgehead atoms. The number of rotatable bonds is 4. The van der Waals surface area contributed by atoms with Gasteiger partial charge in [-0.05, 0) is 47.7 Å². The molecule has 0 amide bonds. The van der Waals surface area contributed by atoms with E-state index in [1.807, 2.05) is 31.2 Å². The molecule has 146 valence electrons. The van der Waals surface area contributed by atoms with Crippen LogP contribution >= 0.6 is 23.2 Å². The molecule has 0 radical (unpaired) electrons. The van der Waals surface area contributed by atoms with Crippen molar-refractivity contribution >= 4 is 39.8 Å². The van der Waals surface area contributed by atoms with E-state index in [1.165, 1.54) is 5.56 Å². The molecule has 0 spiro atoms. The van der Waals surface area contributed by atoms with Gasteiger partial charge in [0, 0.05) is 49.5 Å². The van der Waals surface area contributed by atoms with E-state index >= 15 is 0 Å². The minimum Gasteiger partial charge on any atom is -0.369 e. The highest BCUT2D eigenvalue weighted by atomic mass is 35.5. The van der Waals surface area contributed by atoms with Crippen molar-refractivity contribution in [1.82, 2.24) is 9.88 Å². The third-order valence-electron chi connectivity index (χ3n) is 5.41. The largest absolute Gasteiger partial charge is 0.369 e. The zero-order valence-electron chi connectivity index (χ0n) is 15.8. The van der Waals surface area contributed by atoms with Gasteiger partial charge in [-0.2, -0.15) is 0 Å². The Kier molecular flexibility index (Phi) is 5.63. The number of H-pyrrole nitrogens is 1. The van der Waals surface area contributed by atoms with Crippen LogP contribution in [0.1, 0.15) is 18.1 Å². The Labute approximate surface area is 174 Å². The van der Waals surface area contributed by atoms with Crippen LogP contribution in [0.25, 0.3) is 10.9 Å². The van der Waals surface area contributed by atoms with E-state index in [0.29, 0.717) is 10.0 Å². The molecule has 0 aliphatic carbocycles. The summed E-state index contributed by atoms with van der Waals surface area (Å²) in [5.41, 5.74) is 4.09. The summed E-state index contributed by atoms with van der Waals surface area (Å²) in [6.45, 7) is 6.72. The van der Waals surface area contributed by atoms with Gasteiger partial charge in [0.05, 0.1) is 10.0 Å². The monoisotopic (exact) mass is 415 g/mol. The number of aromatic nitrogens is 1. The Balaban J connectivity index is 1.43. The Morgan fingerprint density at radius 3 is 2.46 bits per heavy atom. The van der Waals surface area contributed by atoms with E-state index in [1.54, 1.807) is 0 Å². The van der Waals surface area contributed by atoms with Crippen molar-refractivity contribution < 1.29 is 0 Å². The first-order valence-corrected chi connectivity index (χ1v) is 10.4. The number of fused-ring (bicyclic) bond motifs is 1. The van der Waals surface area contributed by atoms with E-state index in [9.17, 15) is 4.79 Å². The highest BCUT2D eigenvalue weighted by Gasteiger charge is 2.18. The number of pyridine rings is 1. The molecule has 28 heavy (non-hydrogen) atoms. The summed E-state index contributed by atoms with van der Waals surface area (Å²) in [6, 6.07) is 14.2. The zero-order chi connectivity index (χ0) is 19.7. The molecule has 3 aromatic rings. The van der Waals surface area contributed by atoms with Gasteiger partial charge in [-0.25, -0.2) is 0 Å². The highest BCUT2D eigenvalue weighted by molar-refractivity contribution is 6.42. The molecule has 6 heteroatoms. The van der Waals surface area contributed by atoms with E-state index in [4.69, 9.17) is 23.2 Å². The first-order chi connectivity index (χ1) is 13.5. The topological polar surface area (TPSA) is 39.3 Å². The normalized spacial score (nSPS) is 15.3. The number of nitrogens with zero attached hydrogens (tertiary/aromatic N) is 2. The van der Waals surface area contributed by atoms with Gasteiger partial charge in [0.25, 0.3) is 5.56 Å². The molecule has 0 unspecified atom stereocenters. The van der Waals surface area contributed by atoms with Crippen LogP contribution in [-0.4, -0.2) is 36.1 Å². The fourth-order valence-electron chi connectivity index (χ4n) is 3.76. The second-order valence-electron chi connectivity index (χ2n) is 7.26. The van der Waals surface area contributed by atoms with E-state index < -0.39 is 0 Å². The summed E-state index contributed by atoms with van der Waals surface area (Å²) in [5.74, 6) is 0. The maximum absolute atomic E-state index is 12.1. The Morgan fingerprint density at radius 1 is 0.964 bits per heavy atom. The third kappa shape index (κ3) is 4.04. The van der Waals surface area contributed by atoms with Crippen molar-refractivity contribution in [3.63, 3.8) is 0 Å². The molecule has 2 aromatic carbocycles. The fraction of sp³-hybridized carbons (Fsp3) is 0.318. The molecule has 0 atom stereocenters. The fourth-order valence-corrected chi connectivity index (χ4v) is 4.05. The lowest BCUT2D eigenvalue weighted by Gasteiger charge is -2.36. The first kappa shape index (κ1) is 19.3. The third-order valence-corrected chi connectivity index (χ3v) is 6.15. The van der Waals surface area contributed by atoms with Crippen LogP contribution in [0.4, 0.5) is 5.69 Å². The standard InChI is InChI=1S/C22H23Cl2N3O/c1-2-16-12-17-4-3-15(11-21(17)25-22(16)28)14-26-7-9-27(10-8-26)18-5-6-19(23)20(24)13-18/h3-6,11-13H,2,7-10,14H2,1H3,(H,25,28). The predicted molar refractivity (Wildman–Crippen MR) is 118 cm³/mol. The van der Waals surface area contributed by atoms with E-state index in [-0.39, 0.29) is 5.56 Å². The van der Waals surface area contributed by atoms with Gasteiger partial charge < -0.3 is 9.88 Å². The quantitative estimate of drug-likeness (QED) is 0.669. The molecular formula is C22H23Cl2N3O. The van der Waals surface area contributed by atoms with Crippen LogP contribution in [0.5, 0.6) is 0 Å². The molecule has 0 saturated carbocycles. The number of halogens is 2. The molecule has 1 aliphatic rings. The molecule has 4 rings (SSSR count). The van der Waals surface area contributed by atoms with Crippen LogP contribution < -0.4 is 10.5 Å². The molecule has 1 fully saturated rings. The Bertz CT molecular complexity index is 1060. The average molecular weight is 416 g/mol. The summed E-state index contributed by atoms with van der Waals surface area (Å²) >= 11 is 12.2. The highest BCUT2D eigenvalue weighted by Crippen LogP contribution is 2.28. The van der Waals surface area contributed by atoms with Crippen LogP contribution in [0.2, 0.25) is 10.0 Å². The lowest BCUT2D eigenvalue weighted by molar-refractivity contribution is 0.250. The predicted octanol–water partition coefficient (Wildman–Crippen LogP) is 4.72. The van der Waals surface area contributed by atoms with Gasteiger partial charge in [-0.1, -0.05) is 42.3 Å². The Morgan fingerprint density at radius 2 is 1.75 bits per heavy atom. The summed E-state index contributed by atoms with van der Waals surface area (Å²) in [6.07, 6.45) is 0.746. The first-order valence-electron chi connectivity index (χ1n) is 9.60. The van der Waals surface area contributed by atoms with Crippen molar-refractivity contribution in [3.8, 4) is 0 Å². The smallest absolute Gasteiger partial charge is 0.251 e. The number of anilines is 1. The number of piperazine rings is 1. The molecule has 4 nitrogen and oxygen atoms in total. The van der Waals surface area contributed by atoms with Gasteiger partial charge in [0.1, 0.15) is 0 Å². The number of benzene rings is 2. The van der Waals surface area contributed by atoms with Gasteiger partial charge in [-0.3, -0.25) is 9.69 Å². The van der Waals surface area contributed by atoms with Gasteiger partial charge in [0.15, 0.2) is 0 Å². The maximum atomic E-state index is 12.1. The van der Waals surface area contributed by atoms with Crippen LogP contribution in [0.3, 0.4) is 0 Å². The van der Waals surface area contributed by atoms with Crippen molar-refractivity contribution in [2.45, 2.75) is 19.9 Å².